The molecule has 0 heterocycles. The minimum atomic E-state index is 0.0677. The second kappa shape index (κ2) is 8.74. The topological polar surface area (TPSA) is 38.0 Å². The average Bonchev–Trinajstić information content (AvgIpc) is 2.62. The SMILES string of the molecule is C=C(NC(C)C(=C)/C=C\C=C/N)c1c(C)cccc1-c1ccccc1. The molecule has 0 aliphatic carbocycles. The van der Waals surface area contributed by atoms with E-state index >= 15 is 0 Å². The summed E-state index contributed by atoms with van der Waals surface area (Å²) in [4.78, 5) is 0. The number of rotatable bonds is 7. The molecular weight excluding hydrogens is 304 g/mol. The molecule has 1 atom stereocenters. The van der Waals surface area contributed by atoms with E-state index in [9.17, 15) is 0 Å². The van der Waals surface area contributed by atoms with E-state index < -0.39 is 0 Å². The van der Waals surface area contributed by atoms with Crippen LogP contribution in [-0.2, 0) is 0 Å². The molecule has 2 aromatic rings. The maximum atomic E-state index is 5.34. The molecule has 0 aromatic heterocycles. The summed E-state index contributed by atoms with van der Waals surface area (Å²) >= 11 is 0. The van der Waals surface area contributed by atoms with Crippen molar-refractivity contribution in [3.8, 4) is 11.1 Å². The molecule has 0 radical (unpaired) electrons. The Labute approximate surface area is 151 Å². The van der Waals surface area contributed by atoms with Crippen LogP contribution < -0.4 is 11.1 Å². The first-order valence-electron chi connectivity index (χ1n) is 8.39. The quantitative estimate of drug-likeness (QED) is 0.685. The van der Waals surface area contributed by atoms with Crippen molar-refractivity contribution in [2.75, 3.05) is 0 Å². The Morgan fingerprint density at radius 1 is 1.04 bits per heavy atom. The van der Waals surface area contributed by atoms with Crippen molar-refractivity contribution in [2.24, 2.45) is 5.73 Å². The summed E-state index contributed by atoms with van der Waals surface area (Å²) in [5, 5.41) is 3.47. The third-order valence-electron chi connectivity index (χ3n) is 4.14. The zero-order valence-corrected chi connectivity index (χ0v) is 15.0. The molecule has 0 aliphatic heterocycles. The molecule has 2 rings (SSSR count). The smallest absolute Gasteiger partial charge is 0.0479 e. The predicted molar refractivity (Wildman–Crippen MR) is 110 cm³/mol. The van der Waals surface area contributed by atoms with E-state index in [4.69, 9.17) is 5.73 Å². The van der Waals surface area contributed by atoms with Gasteiger partial charge >= 0.3 is 0 Å². The number of benzene rings is 2. The van der Waals surface area contributed by atoms with Crippen LogP contribution in [0.4, 0.5) is 0 Å². The van der Waals surface area contributed by atoms with Gasteiger partial charge in [-0.15, -0.1) is 0 Å². The normalized spacial score (nSPS) is 12.4. The van der Waals surface area contributed by atoms with Crippen LogP contribution in [0.5, 0.6) is 0 Å². The molecular formula is C23H26N2. The van der Waals surface area contributed by atoms with E-state index in [1.807, 2.05) is 18.2 Å². The van der Waals surface area contributed by atoms with Crippen LogP contribution >= 0.6 is 0 Å². The standard InChI is InChI=1S/C23H26N2/c1-17(11-8-9-16-24)19(3)25-20(4)23-18(2)12-10-15-22(23)21-13-6-5-7-14-21/h5-16,19,25H,1,4,24H2,2-3H3/b11-8-,16-9-. The minimum Gasteiger partial charge on any atom is -0.405 e. The van der Waals surface area contributed by atoms with Gasteiger partial charge in [-0.2, -0.15) is 0 Å². The molecule has 1 unspecified atom stereocenters. The number of hydrogen-bond acceptors (Lipinski definition) is 2. The van der Waals surface area contributed by atoms with Crippen molar-refractivity contribution in [1.82, 2.24) is 5.32 Å². The molecule has 0 fully saturated rings. The zero-order chi connectivity index (χ0) is 18.2. The lowest BCUT2D eigenvalue weighted by atomic mass is 9.93. The number of hydrogen-bond donors (Lipinski definition) is 2. The van der Waals surface area contributed by atoms with Crippen LogP contribution in [0.15, 0.2) is 91.7 Å². The molecule has 0 amide bonds. The highest BCUT2D eigenvalue weighted by Gasteiger charge is 2.13. The molecule has 0 aliphatic rings. The van der Waals surface area contributed by atoms with Gasteiger partial charge in [-0.25, -0.2) is 0 Å². The largest absolute Gasteiger partial charge is 0.405 e. The molecule has 2 nitrogen and oxygen atoms in total. The van der Waals surface area contributed by atoms with Crippen molar-refractivity contribution in [3.63, 3.8) is 0 Å². The van der Waals surface area contributed by atoms with Gasteiger partial charge in [0.05, 0.1) is 0 Å². The maximum Gasteiger partial charge on any atom is 0.0479 e. The Balaban J connectivity index is 2.26. The summed E-state index contributed by atoms with van der Waals surface area (Å²) in [6.07, 6.45) is 7.11. The van der Waals surface area contributed by atoms with Crippen molar-refractivity contribution >= 4 is 5.70 Å². The summed E-state index contributed by atoms with van der Waals surface area (Å²) in [6, 6.07) is 16.8. The molecule has 3 N–H and O–H groups in total. The van der Waals surface area contributed by atoms with Gasteiger partial charge in [0.25, 0.3) is 0 Å². The number of nitrogens with two attached hydrogens (primary N) is 1. The van der Waals surface area contributed by atoms with Crippen molar-refractivity contribution in [3.05, 3.63) is 103 Å². The molecule has 0 saturated heterocycles. The fourth-order valence-electron chi connectivity index (χ4n) is 2.74. The first-order chi connectivity index (χ1) is 12.0. The lowest BCUT2D eigenvalue weighted by Crippen LogP contribution is -2.25. The third kappa shape index (κ3) is 4.74. The minimum absolute atomic E-state index is 0.0677. The summed E-state index contributed by atoms with van der Waals surface area (Å²) in [7, 11) is 0. The van der Waals surface area contributed by atoms with E-state index in [1.54, 1.807) is 6.08 Å². The first-order valence-corrected chi connectivity index (χ1v) is 8.39. The lowest BCUT2D eigenvalue weighted by Gasteiger charge is -2.21. The Hall–Kier alpha value is -3.00. The Morgan fingerprint density at radius 3 is 2.44 bits per heavy atom. The average molecular weight is 330 g/mol. The first kappa shape index (κ1) is 18.3. The molecule has 0 saturated carbocycles. The van der Waals surface area contributed by atoms with Gasteiger partial charge in [0.2, 0.25) is 0 Å². The van der Waals surface area contributed by atoms with E-state index in [0.29, 0.717) is 0 Å². The zero-order valence-electron chi connectivity index (χ0n) is 15.0. The maximum absolute atomic E-state index is 5.34. The van der Waals surface area contributed by atoms with Crippen molar-refractivity contribution < 1.29 is 0 Å². The van der Waals surface area contributed by atoms with Gasteiger partial charge in [0, 0.05) is 17.3 Å². The Kier molecular flexibility index (Phi) is 6.41. The van der Waals surface area contributed by atoms with Crippen LogP contribution in [0.25, 0.3) is 16.8 Å². The van der Waals surface area contributed by atoms with E-state index in [1.165, 1.54) is 22.9 Å². The highest BCUT2D eigenvalue weighted by Crippen LogP contribution is 2.30. The second-order valence-electron chi connectivity index (χ2n) is 6.03. The van der Waals surface area contributed by atoms with E-state index in [-0.39, 0.29) is 6.04 Å². The second-order valence-corrected chi connectivity index (χ2v) is 6.03. The summed E-state index contributed by atoms with van der Waals surface area (Å²) < 4.78 is 0. The van der Waals surface area contributed by atoms with Gasteiger partial charge in [0.1, 0.15) is 0 Å². The van der Waals surface area contributed by atoms with Gasteiger partial charge in [-0.05, 0) is 48.4 Å². The molecule has 25 heavy (non-hydrogen) atoms. The van der Waals surface area contributed by atoms with E-state index in [2.05, 4.69) is 74.8 Å². The van der Waals surface area contributed by atoms with Crippen LogP contribution in [0.3, 0.4) is 0 Å². The van der Waals surface area contributed by atoms with Crippen LogP contribution in [0.1, 0.15) is 18.1 Å². The third-order valence-corrected chi connectivity index (χ3v) is 4.14. The van der Waals surface area contributed by atoms with Gasteiger partial charge < -0.3 is 11.1 Å². The summed E-state index contributed by atoms with van der Waals surface area (Å²) in [6.45, 7) is 12.6. The predicted octanol–water partition coefficient (Wildman–Crippen LogP) is 5.20. The molecule has 2 aromatic carbocycles. The number of allylic oxidation sites excluding steroid dienone is 2. The number of aryl methyl sites for hydroxylation is 1. The molecule has 2 heteroatoms. The highest BCUT2D eigenvalue weighted by atomic mass is 14.9. The fourth-order valence-corrected chi connectivity index (χ4v) is 2.74. The lowest BCUT2D eigenvalue weighted by molar-refractivity contribution is 0.761. The molecule has 0 bridgehead atoms. The van der Waals surface area contributed by atoms with Crippen LogP contribution in [-0.4, -0.2) is 6.04 Å². The summed E-state index contributed by atoms with van der Waals surface area (Å²) in [5.74, 6) is 0. The van der Waals surface area contributed by atoms with Crippen molar-refractivity contribution in [1.29, 1.82) is 0 Å². The molecule has 0 spiro atoms. The van der Waals surface area contributed by atoms with E-state index in [0.717, 1.165) is 16.8 Å². The van der Waals surface area contributed by atoms with Gasteiger partial charge in [-0.1, -0.05) is 73.8 Å². The van der Waals surface area contributed by atoms with Gasteiger partial charge in [-0.3, -0.25) is 0 Å². The highest BCUT2D eigenvalue weighted by molar-refractivity contribution is 5.81. The Bertz CT molecular complexity index is 798. The van der Waals surface area contributed by atoms with Gasteiger partial charge in [0.15, 0.2) is 0 Å². The molecule has 128 valence electrons. The Morgan fingerprint density at radius 2 is 1.76 bits per heavy atom. The van der Waals surface area contributed by atoms with Crippen LogP contribution in [0.2, 0.25) is 0 Å². The monoisotopic (exact) mass is 330 g/mol. The fraction of sp³-hybridized carbons (Fsp3) is 0.130. The van der Waals surface area contributed by atoms with Crippen LogP contribution in [0, 0.1) is 6.92 Å². The van der Waals surface area contributed by atoms with Crippen molar-refractivity contribution in [2.45, 2.75) is 19.9 Å². The number of nitrogens with one attached hydrogen (secondary N) is 1. The summed E-state index contributed by atoms with van der Waals surface area (Å²) in [5.41, 5.74) is 11.9.